The maximum absolute atomic E-state index is 12.3. The molecule has 0 saturated carbocycles. The van der Waals surface area contributed by atoms with Crippen LogP contribution in [0.3, 0.4) is 0 Å². The van der Waals surface area contributed by atoms with Crippen molar-refractivity contribution in [2.75, 3.05) is 0 Å². The molecule has 122 valence electrons. The highest BCUT2D eigenvalue weighted by atomic mass is 16.2. The molecule has 1 amide bonds. The molecule has 24 heavy (non-hydrogen) atoms. The molecule has 1 N–H and O–H groups in total. The molecule has 4 heteroatoms. The van der Waals surface area contributed by atoms with Crippen LogP contribution in [0.5, 0.6) is 0 Å². The van der Waals surface area contributed by atoms with Crippen LogP contribution in [-0.4, -0.2) is 16.3 Å². The van der Waals surface area contributed by atoms with Gasteiger partial charge in [0.05, 0.1) is 0 Å². The molecule has 0 aliphatic heterocycles. The smallest absolute Gasteiger partial charge is 0.240 e. The third-order valence-corrected chi connectivity index (χ3v) is 4.09. The Bertz CT molecular complexity index is 892. The SMILES string of the molecule is CC(=O)c1cn(CC(=O)NCc2ccc(C)cc2)c2ccccc12. The number of nitrogens with one attached hydrogen (secondary N) is 1. The molecule has 1 heterocycles. The quantitative estimate of drug-likeness (QED) is 0.732. The highest BCUT2D eigenvalue weighted by Crippen LogP contribution is 2.21. The van der Waals surface area contributed by atoms with Gasteiger partial charge >= 0.3 is 0 Å². The van der Waals surface area contributed by atoms with Crippen molar-refractivity contribution >= 4 is 22.6 Å². The van der Waals surface area contributed by atoms with E-state index in [1.54, 1.807) is 13.1 Å². The lowest BCUT2D eigenvalue weighted by Gasteiger charge is -2.08. The number of para-hydroxylation sites is 1. The number of rotatable bonds is 5. The summed E-state index contributed by atoms with van der Waals surface area (Å²) in [6.45, 7) is 4.27. The van der Waals surface area contributed by atoms with Crippen LogP contribution in [0, 0.1) is 6.92 Å². The standard InChI is InChI=1S/C20H20N2O2/c1-14-7-9-16(10-8-14)11-21-20(24)13-22-12-18(15(2)23)17-5-3-4-6-19(17)22/h3-10,12H,11,13H2,1-2H3,(H,21,24). The Morgan fingerprint density at radius 3 is 2.46 bits per heavy atom. The van der Waals surface area contributed by atoms with Crippen molar-refractivity contribution in [1.29, 1.82) is 0 Å². The van der Waals surface area contributed by atoms with E-state index in [0.29, 0.717) is 12.1 Å². The fourth-order valence-corrected chi connectivity index (χ4v) is 2.78. The van der Waals surface area contributed by atoms with Crippen LogP contribution in [0.15, 0.2) is 54.7 Å². The minimum Gasteiger partial charge on any atom is -0.350 e. The Morgan fingerprint density at radius 1 is 1.04 bits per heavy atom. The van der Waals surface area contributed by atoms with E-state index < -0.39 is 0 Å². The molecular weight excluding hydrogens is 300 g/mol. The second-order valence-corrected chi connectivity index (χ2v) is 6.01. The van der Waals surface area contributed by atoms with Gasteiger partial charge in [0.15, 0.2) is 5.78 Å². The third kappa shape index (κ3) is 3.38. The fourth-order valence-electron chi connectivity index (χ4n) is 2.78. The van der Waals surface area contributed by atoms with Gasteiger partial charge in [-0.1, -0.05) is 48.0 Å². The summed E-state index contributed by atoms with van der Waals surface area (Å²) in [5, 5.41) is 3.81. The lowest BCUT2D eigenvalue weighted by molar-refractivity contribution is -0.121. The van der Waals surface area contributed by atoms with E-state index in [9.17, 15) is 9.59 Å². The molecule has 0 saturated heterocycles. The predicted octanol–water partition coefficient (Wildman–Crippen LogP) is 3.47. The normalized spacial score (nSPS) is 10.8. The zero-order chi connectivity index (χ0) is 17.1. The first-order chi connectivity index (χ1) is 11.5. The van der Waals surface area contributed by atoms with Crippen LogP contribution in [0.4, 0.5) is 0 Å². The largest absolute Gasteiger partial charge is 0.350 e. The first-order valence-electron chi connectivity index (χ1n) is 7.95. The number of carbonyl (C=O) groups excluding carboxylic acids is 2. The van der Waals surface area contributed by atoms with Crippen molar-refractivity contribution in [2.24, 2.45) is 0 Å². The molecule has 0 fully saturated rings. The topological polar surface area (TPSA) is 51.1 Å². The summed E-state index contributed by atoms with van der Waals surface area (Å²) in [7, 11) is 0. The molecular formula is C20H20N2O2. The van der Waals surface area contributed by atoms with Gasteiger partial charge in [-0.25, -0.2) is 0 Å². The molecule has 0 unspecified atom stereocenters. The second kappa shape index (κ2) is 6.71. The number of aryl methyl sites for hydroxylation is 1. The summed E-state index contributed by atoms with van der Waals surface area (Å²) >= 11 is 0. The van der Waals surface area contributed by atoms with Gasteiger partial charge in [-0.05, 0) is 25.5 Å². The first-order valence-corrected chi connectivity index (χ1v) is 7.95. The van der Waals surface area contributed by atoms with E-state index in [2.05, 4.69) is 5.32 Å². The summed E-state index contributed by atoms with van der Waals surface area (Å²) in [5.41, 5.74) is 3.81. The lowest BCUT2D eigenvalue weighted by Crippen LogP contribution is -2.26. The number of nitrogens with zero attached hydrogens (tertiary/aromatic N) is 1. The summed E-state index contributed by atoms with van der Waals surface area (Å²) in [5.74, 6) is -0.0727. The van der Waals surface area contributed by atoms with Crippen LogP contribution in [-0.2, 0) is 17.9 Å². The maximum atomic E-state index is 12.3. The minimum atomic E-state index is -0.0774. The fraction of sp³-hybridized carbons (Fsp3) is 0.200. The Balaban J connectivity index is 1.73. The van der Waals surface area contributed by atoms with Crippen LogP contribution < -0.4 is 5.32 Å². The molecule has 0 aliphatic carbocycles. The maximum Gasteiger partial charge on any atom is 0.240 e. The third-order valence-electron chi connectivity index (χ3n) is 4.09. The van der Waals surface area contributed by atoms with E-state index in [4.69, 9.17) is 0 Å². The van der Waals surface area contributed by atoms with Crippen molar-refractivity contribution in [1.82, 2.24) is 9.88 Å². The van der Waals surface area contributed by atoms with Crippen molar-refractivity contribution < 1.29 is 9.59 Å². The Kier molecular flexibility index (Phi) is 4.47. The molecule has 1 aromatic heterocycles. The predicted molar refractivity (Wildman–Crippen MR) is 95.0 cm³/mol. The number of aromatic nitrogens is 1. The Labute approximate surface area is 141 Å². The molecule has 3 rings (SSSR count). The Hall–Kier alpha value is -2.88. The van der Waals surface area contributed by atoms with Crippen molar-refractivity contribution in [2.45, 2.75) is 26.9 Å². The van der Waals surface area contributed by atoms with Gasteiger partial charge in [0.2, 0.25) is 5.91 Å². The first kappa shape index (κ1) is 16.0. The molecule has 3 aromatic rings. The number of hydrogen-bond acceptors (Lipinski definition) is 2. The van der Waals surface area contributed by atoms with E-state index >= 15 is 0 Å². The molecule has 0 radical (unpaired) electrons. The highest BCUT2D eigenvalue weighted by molar-refractivity contribution is 6.07. The van der Waals surface area contributed by atoms with E-state index in [-0.39, 0.29) is 18.2 Å². The summed E-state index contributed by atoms with van der Waals surface area (Å²) in [6, 6.07) is 15.7. The van der Waals surface area contributed by atoms with Crippen LogP contribution in [0.25, 0.3) is 10.9 Å². The molecule has 4 nitrogen and oxygen atoms in total. The molecule has 0 atom stereocenters. The van der Waals surface area contributed by atoms with Gasteiger partial charge in [0.1, 0.15) is 6.54 Å². The number of Topliss-reactive ketones (excluding diaryl/α,β-unsaturated/α-hetero) is 1. The number of ketones is 1. The van der Waals surface area contributed by atoms with Crippen molar-refractivity contribution in [3.8, 4) is 0 Å². The van der Waals surface area contributed by atoms with Gasteiger partial charge in [-0.2, -0.15) is 0 Å². The Morgan fingerprint density at radius 2 is 1.75 bits per heavy atom. The number of benzene rings is 2. The lowest BCUT2D eigenvalue weighted by atomic mass is 10.1. The van der Waals surface area contributed by atoms with Gasteiger partial charge in [-0.3, -0.25) is 9.59 Å². The second-order valence-electron chi connectivity index (χ2n) is 6.01. The molecule has 0 bridgehead atoms. The van der Waals surface area contributed by atoms with Crippen molar-refractivity contribution in [3.05, 3.63) is 71.4 Å². The van der Waals surface area contributed by atoms with Crippen LogP contribution in [0.1, 0.15) is 28.4 Å². The number of amides is 1. The average Bonchev–Trinajstić information content (AvgIpc) is 2.93. The van der Waals surface area contributed by atoms with Crippen molar-refractivity contribution in [3.63, 3.8) is 0 Å². The number of hydrogen-bond donors (Lipinski definition) is 1. The van der Waals surface area contributed by atoms with Gasteiger partial charge in [0, 0.05) is 29.2 Å². The van der Waals surface area contributed by atoms with E-state index in [1.165, 1.54) is 5.56 Å². The van der Waals surface area contributed by atoms with Crippen LogP contribution >= 0.6 is 0 Å². The van der Waals surface area contributed by atoms with E-state index in [1.807, 2.05) is 60.0 Å². The summed E-state index contributed by atoms with van der Waals surface area (Å²) < 4.78 is 1.83. The number of fused-ring (bicyclic) bond motifs is 1. The van der Waals surface area contributed by atoms with Gasteiger partial charge < -0.3 is 9.88 Å². The molecule has 0 spiro atoms. The summed E-state index contributed by atoms with van der Waals surface area (Å²) in [6.07, 6.45) is 1.76. The minimum absolute atomic E-state index is 0.00464. The van der Waals surface area contributed by atoms with Gasteiger partial charge in [-0.15, -0.1) is 0 Å². The number of carbonyl (C=O) groups is 2. The highest BCUT2D eigenvalue weighted by Gasteiger charge is 2.13. The van der Waals surface area contributed by atoms with Crippen LogP contribution in [0.2, 0.25) is 0 Å². The van der Waals surface area contributed by atoms with Gasteiger partial charge in [0.25, 0.3) is 0 Å². The molecule has 2 aromatic carbocycles. The average molecular weight is 320 g/mol. The zero-order valence-electron chi connectivity index (χ0n) is 13.9. The monoisotopic (exact) mass is 320 g/mol. The molecule has 0 aliphatic rings. The summed E-state index contributed by atoms with van der Waals surface area (Å²) in [4.78, 5) is 24.0. The zero-order valence-corrected chi connectivity index (χ0v) is 13.9. The van der Waals surface area contributed by atoms with E-state index in [0.717, 1.165) is 16.5 Å².